The zero-order valence-electron chi connectivity index (χ0n) is 10.8. The molecule has 1 unspecified atom stereocenters. The Hall–Kier alpha value is -1.60. The molecule has 1 atom stereocenters. The Morgan fingerprint density at radius 2 is 2.11 bits per heavy atom. The van der Waals surface area contributed by atoms with Crippen LogP contribution in [0.1, 0.15) is 6.92 Å². The standard InChI is InChI=1S/C11H18N2O5/c1-7(2)9(14)18-8-5-12-10(15)13(6-8)11(16-3)17-4/h8,11H,1,5-6H2,2-4H3,(H,12,15). The van der Waals surface area contributed by atoms with Crippen LogP contribution in [0.15, 0.2) is 12.2 Å². The minimum Gasteiger partial charge on any atom is -0.455 e. The fourth-order valence-corrected chi connectivity index (χ4v) is 1.53. The maximum absolute atomic E-state index is 11.6. The van der Waals surface area contributed by atoms with Gasteiger partial charge in [0.05, 0.1) is 13.1 Å². The van der Waals surface area contributed by atoms with Gasteiger partial charge in [-0.2, -0.15) is 0 Å². The molecule has 102 valence electrons. The molecular formula is C11H18N2O5. The van der Waals surface area contributed by atoms with Crippen molar-refractivity contribution in [2.45, 2.75) is 19.4 Å². The van der Waals surface area contributed by atoms with Gasteiger partial charge in [0.15, 0.2) is 0 Å². The quantitative estimate of drug-likeness (QED) is 0.429. The Bertz CT molecular complexity index is 340. The number of carbonyl (C=O) groups is 2. The molecule has 1 aliphatic heterocycles. The molecule has 1 rings (SSSR count). The molecule has 0 spiro atoms. The summed E-state index contributed by atoms with van der Waals surface area (Å²) in [4.78, 5) is 24.3. The molecular weight excluding hydrogens is 240 g/mol. The van der Waals surface area contributed by atoms with Gasteiger partial charge in [-0.1, -0.05) is 6.58 Å². The van der Waals surface area contributed by atoms with Crippen molar-refractivity contribution in [1.29, 1.82) is 0 Å². The average molecular weight is 258 g/mol. The maximum atomic E-state index is 11.6. The maximum Gasteiger partial charge on any atom is 0.333 e. The van der Waals surface area contributed by atoms with Crippen molar-refractivity contribution in [1.82, 2.24) is 10.2 Å². The predicted octanol–water partition coefficient (Wildman–Crippen LogP) is 0.0759. The van der Waals surface area contributed by atoms with Crippen molar-refractivity contribution >= 4 is 12.0 Å². The zero-order chi connectivity index (χ0) is 13.7. The van der Waals surface area contributed by atoms with E-state index in [2.05, 4.69) is 11.9 Å². The molecule has 0 aromatic carbocycles. The summed E-state index contributed by atoms with van der Waals surface area (Å²) >= 11 is 0. The molecule has 1 saturated heterocycles. The van der Waals surface area contributed by atoms with Gasteiger partial charge >= 0.3 is 12.0 Å². The minimum atomic E-state index is -0.809. The fraction of sp³-hybridized carbons (Fsp3) is 0.636. The Balaban J connectivity index is 2.63. The van der Waals surface area contributed by atoms with E-state index in [1.165, 1.54) is 19.1 Å². The third-order valence-corrected chi connectivity index (χ3v) is 2.42. The first-order chi connectivity index (χ1) is 8.49. The summed E-state index contributed by atoms with van der Waals surface area (Å²) in [6.07, 6.45) is -1.27. The van der Waals surface area contributed by atoms with Crippen LogP contribution in [0.5, 0.6) is 0 Å². The van der Waals surface area contributed by atoms with E-state index in [0.29, 0.717) is 5.57 Å². The normalized spacial score (nSPS) is 19.7. The van der Waals surface area contributed by atoms with Gasteiger partial charge in [0.25, 0.3) is 0 Å². The summed E-state index contributed by atoms with van der Waals surface area (Å²) in [5.41, 5.74) is 0.313. The van der Waals surface area contributed by atoms with Gasteiger partial charge < -0.3 is 19.5 Å². The fourth-order valence-electron chi connectivity index (χ4n) is 1.53. The third-order valence-electron chi connectivity index (χ3n) is 2.42. The van der Waals surface area contributed by atoms with Crippen LogP contribution in [0.2, 0.25) is 0 Å². The van der Waals surface area contributed by atoms with Gasteiger partial charge in [0.2, 0.25) is 6.41 Å². The van der Waals surface area contributed by atoms with Crippen molar-refractivity contribution in [2.75, 3.05) is 27.3 Å². The van der Waals surface area contributed by atoms with Crippen molar-refractivity contribution in [2.24, 2.45) is 0 Å². The van der Waals surface area contributed by atoms with Crippen LogP contribution in [0.3, 0.4) is 0 Å². The molecule has 0 aromatic rings. The van der Waals surface area contributed by atoms with E-state index in [1.807, 2.05) is 0 Å². The van der Waals surface area contributed by atoms with E-state index in [1.54, 1.807) is 6.92 Å². The smallest absolute Gasteiger partial charge is 0.333 e. The van der Waals surface area contributed by atoms with Crippen molar-refractivity contribution < 1.29 is 23.8 Å². The molecule has 2 amide bonds. The first kappa shape index (κ1) is 14.5. The van der Waals surface area contributed by atoms with Crippen LogP contribution in [0.25, 0.3) is 0 Å². The molecule has 1 aliphatic rings. The summed E-state index contributed by atoms with van der Waals surface area (Å²) in [5.74, 6) is -0.484. The summed E-state index contributed by atoms with van der Waals surface area (Å²) in [6.45, 7) is 5.53. The van der Waals surface area contributed by atoms with Crippen LogP contribution < -0.4 is 5.32 Å². The highest BCUT2D eigenvalue weighted by atomic mass is 16.7. The molecule has 7 heteroatoms. The van der Waals surface area contributed by atoms with Gasteiger partial charge in [-0.3, -0.25) is 4.90 Å². The molecule has 0 bridgehead atoms. The lowest BCUT2D eigenvalue weighted by Gasteiger charge is -2.36. The van der Waals surface area contributed by atoms with E-state index >= 15 is 0 Å². The Kier molecular flexibility index (Phi) is 5.11. The first-order valence-electron chi connectivity index (χ1n) is 5.46. The number of nitrogens with zero attached hydrogens (tertiary/aromatic N) is 1. The lowest BCUT2D eigenvalue weighted by molar-refractivity contribution is -0.189. The van der Waals surface area contributed by atoms with Crippen molar-refractivity contribution in [3.63, 3.8) is 0 Å². The van der Waals surface area contributed by atoms with Gasteiger partial charge in [0.1, 0.15) is 6.10 Å². The van der Waals surface area contributed by atoms with E-state index in [0.717, 1.165) is 0 Å². The summed E-state index contributed by atoms with van der Waals surface area (Å²) in [6, 6.07) is -0.327. The van der Waals surface area contributed by atoms with Crippen LogP contribution in [-0.4, -0.2) is 56.7 Å². The largest absolute Gasteiger partial charge is 0.455 e. The molecule has 1 N–H and O–H groups in total. The second kappa shape index (κ2) is 6.36. The lowest BCUT2D eigenvalue weighted by Crippen LogP contribution is -2.58. The van der Waals surface area contributed by atoms with Gasteiger partial charge in [0, 0.05) is 19.8 Å². The molecule has 1 fully saturated rings. The van der Waals surface area contributed by atoms with Crippen LogP contribution in [0, 0.1) is 0 Å². The van der Waals surface area contributed by atoms with E-state index in [9.17, 15) is 9.59 Å². The number of amides is 2. The van der Waals surface area contributed by atoms with Crippen molar-refractivity contribution in [3.05, 3.63) is 12.2 Å². The SMILES string of the molecule is C=C(C)C(=O)OC1CNC(=O)N(C(OC)OC)C1. The third kappa shape index (κ3) is 3.44. The molecule has 18 heavy (non-hydrogen) atoms. The summed E-state index contributed by atoms with van der Waals surface area (Å²) in [7, 11) is 2.84. The topological polar surface area (TPSA) is 77.1 Å². The number of rotatable bonds is 5. The number of hydrogen-bond donors (Lipinski definition) is 1. The zero-order valence-corrected chi connectivity index (χ0v) is 10.8. The number of ether oxygens (including phenoxy) is 3. The molecule has 0 aliphatic carbocycles. The Morgan fingerprint density at radius 1 is 1.50 bits per heavy atom. The number of hydrogen-bond acceptors (Lipinski definition) is 5. The highest BCUT2D eigenvalue weighted by molar-refractivity contribution is 5.87. The molecule has 0 saturated carbocycles. The molecule has 1 heterocycles. The van der Waals surface area contributed by atoms with Gasteiger partial charge in [-0.15, -0.1) is 0 Å². The number of nitrogens with one attached hydrogen (secondary N) is 1. The van der Waals surface area contributed by atoms with Crippen LogP contribution in [-0.2, 0) is 19.0 Å². The van der Waals surface area contributed by atoms with E-state index in [4.69, 9.17) is 14.2 Å². The van der Waals surface area contributed by atoms with Crippen LogP contribution in [0.4, 0.5) is 4.79 Å². The first-order valence-corrected chi connectivity index (χ1v) is 5.46. The highest BCUT2D eigenvalue weighted by Gasteiger charge is 2.32. The van der Waals surface area contributed by atoms with Gasteiger partial charge in [-0.25, -0.2) is 9.59 Å². The van der Waals surface area contributed by atoms with E-state index < -0.39 is 18.5 Å². The summed E-state index contributed by atoms with van der Waals surface area (Å²) in [5, 5.41) is 2.60. The minimum absolute atomic E-state index is 0.206. The predicted molar refractivity (Wildman–Crippen MR) is 62.6 cm³/mol. The van der Waals surface area contributed by atoms with Crippen molar-refractivity contribution in [3.8, 4) is 0 Å². The number of urea groups is 1. The molecule has 0 radical (unpaired) electrons. The number of methoxy groups -OCH3 is 2. The number of carbonyl (C=O) groups excluding carboxylic acids is 2. The summed E-state index contributed by atoms with van der Waals surface area (Å²) < 4.78 is 15.2. The van der Waals surface area contributed by atoms with E-state index in [-0.39, 0.29) is 19.1 Å². The average Bonchev–Trinajstić information content (AvgIpc) is 2.34. The van der Waals surface area contributed by atoms with Crippen LogP contribution >= 0.6 is 0 Å². The number of esters is 1. The van der Waals surface area contributed by atoms with Gasteiger partial charge in [-0.05, 0) is 6.92 Å². The monoisotopic (exact) mass is 258 g/mol. The Labute approximate surface area is 106 Å². The molecule has 0 aromatic heterocycles. The highest BCUT2D eigenvalue weighted by Crippen LogP contribution is 2.11. The Morgan fingerprint density at radius 3 is 2.61 bits per heavy atom. The second-order valence-electron chi connectivity index (χ2n) is 3.92. The second-order valence-corrected chi connectivity index (χ2v) is 3.92. The molecule has 7 nitrogen and oxygen atoms in total. The lowest BCUT2D eigenvalue weighted by atomic mass is 10.2.